The third-order valence-electron chi connectivity index (χ3n) is 4.31. The molecule has 0 aliphatic carbocycles. The zero-order chi connectivity index (χ0) is 21.1. The lowest BCUT2D eigenvalue weighted by Crippen LogP contribution is -2.22. The molecule has 0 saturated heterocycles. The summed E-state index contributed by atoms with van der Waals surface area (Å²) in [4.78, 5) is 16.6. The van der Waals surface area contributed by atoms with Crippen LogP contribution in [0.2, 0.25) is 0 Å². The van der Waals surface area contributed by atoms with E-state index in [0.717, 1.165) is 17.7 Å². The van der Waals surface area contributed by atoms with Crippen molar-refractivity contribution in [3.63, 3.8) is 0 Å². The Morgan fingerprint density at radius 1 is 1.07 bits per heavy atom. The third-order valence-corrected chi connectivity index (χ3v) is 4.31. The number of carbonyl (C=O) groups excluding carboxylic acids is 1. The second kappa shape index (κ2) is 7.86. The highest BCUT2D eigenvalue weighted by Crippen LogP contribution is 2.32. The Bertz CT molecular complexity index is 1170. The van der Waals surface area contributed by atoms with E-state index < -0.39 is 17.6 Å². The Hall–Kier alpha value is -3.88. The maximum absolute atomic E-state index is 12.9. The van der Waals surface area contributed by atoms with Crippen LogP contribution in [0.4, 0.5) is 13.2 Å². The average Bonchev–Trinajstić information content (AvgIpc) is 3.44. The summed E-state index contributed by atoms with van der Waals surface area (Å²) < 4.78 is 45.7. The average molecular weight is 412 g/mol. The Labute approximate surface area is 169 Å². The number of carbonyl (C=O) groups is 1. The highest BCUT2D eigenvalue weighted by atomic mass is 19.4. The molecule has 3 aromatic heterocycles. The smallest absolute Gasteiger partial charge is 0.416 e. The van der Waals surface area contributed by atoms with Gasteiger partial charge in [0.15, 0.2) is 11.6 Å². The number of nitrogens with one attached hydrogen (secondary N) is 1. The first-order chi connectivity index (χ1) is 14.4. The predicted molar refractivity (Wildman–Crippen MR) is 102 cm³/mol. The van der Waals surface area contributed by atoms with Crippen molar-refractivity contribution in [1.82, 2.24) is 20.1 Å². The SMILES string of the molecule is O=C(NCc1ccnc(-n2cccn2)c1)c1ccc(-c2cccc(C(F)(F)F)c2)o1. The lowest BCUT2D eigenvalue weighted by molar-refractivity contribution is -0.137. The van der Waals surface area contributed by atoms with Crippen LogP contribution >= 0.6 is 0 Å². The molecule has 152 valence electrons. The maximum atomic E-state index is 12.9. The van der Waals surface area contributed by atoms with E-state index in [2.05, 4.69) is 15.4 Å². The van der Waals surface area contributed by atoms with Crippen LogP contribution in [-0.4, -0.2) is 20.7 Å². The van der Waals surface area contributed by atoms with Crippen LogP contribution < -0.4 is 5.32 Å². The van der Waals surface area contributed by atoms with Gasteiger partial charge in [0.2, 0.25) is 0 Å². The number of alkyl halides is 3. The van der Waals surface area contributed by atoms with E-state index in [1.807, 2.05) is 0 Å². The number of amides is 1. The summed E-state index contributed by atoms with van der Waals surface area (Å²) in [6.45, 7) is 0.217. The van der Waals surface area contributed by atoms with E-state index in [1.165, 1.54) is 24.3 Å². The number of benzene rings is 1. The molecule has 0 fully saturated rings. The summed E-state index contributed by atoms with van der Waals surface area (Å²) in [6, 6.07) is 12.9. The lowest BCUT2D eigenvalue weighted by atomic mass is 10.1. The minimum atomic E-state index is -4.46. The van der Waals surface area contributed by atoms with E-state index in [1.54, 1.807) is 41.5 Å². The number of hydrogen-bond donors (Lipinski definition) is 1. The first kappa shape index (κ1) is 19.4. The van der Waals surface area contributed by atoms with Gasteiger partial charge in [0.25, 0.3) is 5.91 Å². The van der Waals surface area contributed by atoms with Crippen molar-refractivity contribution in [3.8, 4) is 17.1 Å². The molecule has 9 heteroatoms. The molecule has 1 amide bonds. The molecule has 1 N–H and O–H groups in total. The highest BCUT2D eigenvalue weighted by Gasteiger charge is 2.30. The van der Waals surface area contributed by atoms with Crippen LogP contribution in [-0.2, 0) is 12.7 Å². The maximum Gasteiger partial charge on any atom is 0.416 e. The highest BCUT2D eigenvalue weighted by molar-refractivity contribution is 5.92. The van der Waals surface area contributed by atoms with Crippen LogP contribution in [0.3, 0.4) is 0 Å². The van der Waals surface area contributed by atoms with Crippen molar-refractivity contribution in [2.24, 2.45) is 0 Å². The number of furan rings is 1. The molecule has 4 aromatic rings. The molecule has 1 aromatic carbocycles. The summed E-state index contributed by atoms with van der Waals surface area (Å²) in [5.74, 6) is 0.308. The first-order valence-electron chi connectivity index (χ1n) is 8.91. The predicted octanol–water partition coefficient (Wildman–Crippen LogP) is 4.48. The summed E-state index contributed by atoms with van der Waals surface area (Å²) in [5, 5.41) is 6.82. The Morgan fingerprint density at radius 3 is 2.70 bits per heavy atom. The number of rotatable bonds is 5. The quantitative estimate of drug-likeness (QED) is 0.525. The number of halogens is 3. The van der Waals surface area contributed by atoms with Crippen molar-refractivity contribution in [2.45, 2.75) is 12.7 Å². The fourth-order valence-corrected chi connectivity index (χ4v) is 2.83. The second-order valence-electron chi connectivity index (χ2n) is 6.40. The Balaban J connectivity index is 1.45. The van der Waals surface area contributed by atoms with Gasteiger partial charge < -0.3 is 9.73 Å². The topological polar surface area (TPSA) is 73.0 Å². The van der Waals surface area contributed by atoms with E-state index in [4.69, 9.17) is 4.42 Å². The molecule has 3 heterocycles. The number of hydrogen-bond acceptors (Lipinski definition) is 4. The zero-order valence-electron chi connectivity index (χ0n) is 15.4. The summed E-state index contributed by atoms with van der Waals surface area (Å²) >= 11 is 0. The molecular formula is C21H15F3N4O2. The van der Waals surface area contributed by atoms with Crippen LogP contribution in [0.5, 0.6) is 0 Å². The largest absolute Gasteiger partial charge is 0.451 e. The van der Waals surface area contributed by atoms with Crippen LogP contribution in [0, 0.1) is 0 Å². The summed E-state index contributed by atoms with van der Waals surface area (Å²) in [5.41, 5.74) is 0.253. The van der Waals surface area contributed by atoms with Crippen molar-refractivity contribution < 1.29 is 22.4 Å². The lowest BCUT2D eigenvalue weighted by Gasteiger charge is -2.07. The van der Waals surface area contributed by atoms with Gasteiger partial charge in [0.05, 0.1) is 5.56 Å². The van der Waals surface area contributed by atoms with Crippen LogP contribution in [0.1, 0.15) is 21.7 Å². The minimum absolute atomic E-state index is 0.00349. The molecule has 0 unspecified atom stereocenters. The summed E-state index contributed by atoms with van der Waals surface area (Å²) in [7, 11) is 0. The molecule has 0 spiro atoms. The van der Waals surface area contributed by atoms with Gasteiger partial charge in [-0.15, -0.1) is 0 Å². The molecule has 0 aliphatic rings. The molecule has 0 bridgehead atoms. The van der Waals surface area contributed by atoms with E-state index in [9.17, 15) is 18.0 Å². The second-order valence-corrected chi connectivity index (χ2v) is 6.40. The van der Waals surface area contributed by atoms with Gasteiger partial charge in [-0.3, -0.25) is 4.79 Å². The summed E-state index contributed by atoms with van der Waals surface area (Å²) in [6.07, 6.45) is 0.539. The van der Waals surface area contributed by atoms with Crippen molar-refractivity contribution in [3.05, 3.63) is 90.1 Å². The van der Waals surface area contributed by atoms with Gasteiger partial charge in [-0.2, -0.15) is 18.3 Å². The van der Waals surface area contributed by atoms with Gasteiger partial charge in [-0.1, -0.05) is 12.1 Å². The standard InChI is InChI=1S/C21H15F3N4O2/c22-21(23,24)16-4-1-3-15(12-16)17-5-6-18(30-17)20(29)26-13-14-7-9-25-19(11-14)28-10-2-8-27-28/h1-12H,13H2,(H,26,29). The minimum Gasteiger partial charge on any atom is -0.451 e. The van der Waals surface area contributed by atoms with Gasteiger partial charge in [-0.05, 0) is 48.0 Å². The molecule has 0 saturated carbocycles. The van der Waals surface area contributed by atoms with Gasteiger partial charge in [0.1, 0.15) is 5.76 Å². The zero-order valence-corrected chi connectivity index (χ0v) is 15.4. The van der Waals surface area contributed by atoms with Gasteiger partial charge in [0, 0.05) is 30.7 Å². The molecule has 0 atom stereocenters. The molecular weight excluding hydrogens is 397 g/mol. The normalized spacial score (nSPS) is 11.4. The number of aromatic nitrogens is 3. The molecule has 0 aliphatic heterocycles. The Morgan fingerprint density at radius 2 is 1.93 bits per heavy atom. The molecule has 30 heavy (non-hydrogen) atoms. The monoisotopic (exact) mass is 412 g/mol. The van der Waals surface area contributed by atoms with Crippen molar-refractivity contribution >= 4 is 5.91 Å². The van der Waals surface area contributed by atoms with Gasteiger partial charge >= 0.3 is 6.18 Å². The van der Waals surface area contributed by atoms with Crippen LogP contribution in [0.15, 0.2) is 77.6 Å². The number of pyridine rings is 1. The van der Waals surface area contributed by atoms with Crippen molar-refractivity contribution in [1.29, 1.82) is 0 Å². The molecule has 6 nitrogen and oxygen atoms in total. The van der Waals surface area contributed by atoms with E-state index in [0.29, 0.717) is 5.82 Å². The van der Waals surface area contributed by atoms with E-state index in [-0.39, 0.29) is 23.6 Å². The Kier molecular flexibility index (Phi) is 5.09. The molecule has 0 radical (unpaired) electrons. The van der Waals surface area contributed by atoms with E-state index >= 15 is 0 Å². The fraction of sp³-hybridized carbons (Fsp3) is 0.0952. The van der Waals surface area contributed by atoms with Crippen molar-refractivity contribution in [2.75, 3.05) is 0 Å². The first-order valence-corrected chi connectivity index (χ1v) is 8.91. The number of nitrogens with zero attached hydrogens (tertiary/aromatic N) is 3. The molecule has 4 rings (SSSR count). The van der Waals surface area contributed by atoms with Gasteiger partial charge in [-0.25, -0.2) is 9.67 Å². The third kappa shape index (κ3) is 4.24. The van der Waals surface area contributed by atoms with Crippen LogP contribution in [0.25, 0.3) is 17.1 Å². The fourth-order valence-electron chi connectivity index (χ4n) is 2.83.